The Labute approximate surface area is 290 Å². The summed E-state index contributed by atoms with van der Waals surface area (Å²) >= 11 is 0. The summed E-state index contributed by atoms with van der Waals surface area (Å²) in [6.07, 6.45) is 49.7. The summed E-state index contributed by atoms with van der Waals surface area (Å²) in [4.78, 5) is 14.7. The number of carbonyl (C=O) groups is 1. The maximum atomic E-state index is 12.5. The van der Waals surface area contributed by atoms with Crippen molar-refractivity contribution in [3.8, 4) is 0 Å². The van der Waals surface area contributed by atoms with Crippen LogP contribution in [0, 0.1) is 0 Å². The molecule has 1 unspecified atom stereocenters. The topological polar surface area (TPSA) is 29.5 Å². The van der Waals surface area contributed by atoms with Crippen LogP contribution in [0.15, 0.2) is 12.2 Å². The lowest BCUT2D eigenvalue weighted by Crippen LogP contribution is -2.20. The Hall–Kier alpha value is -0.830. The zero-order chi connectivity index (χ0) is 33.6. The Morgan fingerprint density at radius 3 is 1.26 bits per heavy atom. The summed E-state index contributed by atoms with van der Waals surface area (Å²) in [6.45, 7) is 5.54. The van der Waals surface area contributed by atoms with Gasteiger partial charge < -0.3 is 9.64 Å². The number of ether oxygens (including phenoxy) is 1. The molecule has 0 aliphatic heterocycles. The first-order chi connectivity index (χ1) is 22.6. The molecule has 0 rings (SSSR count). The van der Waals surface area contributed by atoms with Crippen molar-refractivity contribution in [2.75, 3.05) is 20.6 Å². The van der Waals surface area contributed by atoms with Crippen LogP contribution in [0.3, 0.4) is 0 Å². The Morgan fingerprint density at radius 2 is 0.848 bits per heavy atom. The van der Waals surface area contributed by atoms with Gasteiger partial charge in [0.1, 0.15) is 6.10 Å². The molecule has 0 aliphatic carbocycles. The SMILES string of the molecule is CCCCCCCCCCCCCC/C=C/CCC(CCCCCCCCCCCCCCCCCC)OC(=O)CCCN(C)C. The predicted octanol–water partition coefficient (Wildman–Crippen LogP) is 14.3. The molecule has 0 aromatic carbocycles. The van der Waals surface area contributed by atoms with E-state index in [1.165, 1.54) is 186 Å². The molecule has 0 bridgehead atoms. The summed E-state index contributed by atoms with van der Waals surface area (Å²) in [7, 11) is 4.13. The van der Waals surface area contributed by atoms with Gasteiger partial charge in [-0.05, 0) is 65.6 Å². The van der Waals surface area contributed by atoms with Crippen LogP contribution in [-0.2, 0) is 9.53 Å². The highest BCUT2D eigenvalue weighted by Crippen LogP contribution is 2.18. The van der Waals surface area contributed by atoms with E-state index in [1.54, 1.807) is 0 Å². The van der Waals surface area contributed by atoms with E-state index in [0.717, 1.165) is 32.2 Å². The van der Waals surface area contributed by atoms with E-state index < -0.39 is 0 Å². The minimum absolute atomic E-state index is 0.00353. The summed E-state index contributed by atoms with van der Waals surface area (Å²) in [5.41, 5.74) is 0. The minimum Gasteiger partial charge on any atom is -0.462 e. The van der Waals surface area contributed by atoms with Crippen LogP contribution in [-0.4, -0.2) is 37.6 Å². The third-order valence-corrected chi connectivity index (χ3v) is 9.71. The third kappa shape index (κ3) is 37.6. The first-order valence-electron chi connectivity index (χ1n) is 21.1. The molecule has 0 aromatic rings. The third-order valence-electron chi connectivity index (χ3n) is 9.71. The lowest BCUT2D eigenvalue weighted by molar-refractivity contribution is -0.149. The normalized spacial score (nSPS) is 12.5. The number of esters is 1. The number of unbranched alkanes of at least 4 members (excludes halogenated alkanes) is 27. The smallest absolute Gasteiger partial charge is 0.306 e. The van der Waals surface area contributed by atoms with Crippen molar-refractivity contribution in [1.29, 1.82) is 0 Å². The Morgan fingerprint density at radius 1 is 0.478 bits per heavy atom. The quantitative estimate of drug-likeness (QED) is 0.0379. The molecule has 0 aliphatic rings. The molecule has 0 saturated heterocycles. The number of hydrogen-bond donors (Lipinski definition) is 0. The number of allylic oxidation sites excluding steroid dienone is 2. The maximum Gasteiger partial charge on any atom is 0.306 e. The molecule has 0 radical (unpaired) electrons. The van der Waals surface area contributed by atoms with Crippen LogP contribution < -0.4 is 0 Å². The fraction of sp³-hybridized carbons (Fsp3) is 0.930. The number of rotatable bonds is 38. The van der Waals surface area contributed by atoms with E-state index in [9.17, 15) is 4.79 Å². The maximum absolute atomic E-state index is 12.5. The van der Waals surface area contributed by atoms with Gasteiger partial charge in [0.2, 0.25) is 0 Å². The van der Waals surface area contributed by atoms with Crippen molar-refractivity contribution < 1.29 is 9.53 Å². The molecule has 0 saturated carbocycles. The molecule has 3 heteroatoms. The van der Waals surface area contributed by atoms with E-state index in [-0.39, 0.29) is 12.1 Å². The molecule has 0 aromatic heterocycles. The van der Waals surface area contributed by atoms with Crippen LogP contribution in [0.5, 0.6) is 0 Å². The average molecular weight is 648 g/mol. The monoisotopic (exact) mass is 648 g/mol. The molecule has 0 N–H and O–H groups in total. The Balaban J connectivity index is 3.93. The number of nitrogens with zero attached hydrogens (tertiary/aromatic N) is 1. The first-order valence-corrected chi connectivity index (χ1v) is 21.1. The number of carbonyl (C=O) groups excluding carboxylic acids is 1. The van der Waals surface area contributed by atoms with Crippen molar-refractivity contribution in [3.63, 3.8) is 0 Å². The Bertz CT molecular complexity index is 616. The van der Waals surface area contributed by atoms with E-state index in [1.807, 2.05) is 0 Å². The highest BCUT2D eigenvalue weighted by molar-refractivity contribution is 5.69. The van der Waals surface area contributed by atoms with Gasteiger partial charge in [0.05, 0.1) is 0 Å². The van der Waals surface area contributed by atoms with Gasteiger partial charge in [-0.3, -0.25) is 4.79 Å². The molecule has 0 spiro atoms. The fourth-order valence-electron chi connectivity index (χ4n) is 6.59. The van der Waals surface area contributed by atoms with Gasteiger partial charge in [0, 0.05) is 6.42 Å². The fourth-order valence-corrected chi connectivity index (χ4v) is 6.59. The van der Waals surface area contributed by atoms with Crippen molar-refractivity contribution in [2.45, 2.75) is 238 Å². The van der Waals surface area contributed by atoms with Gasteiger partial charge in [-0.15, -0.1) is 0 Å². The van der Waals surface area contributed by atoms with Crippen LogP contribution in [0.25, 0.3) is 0 Å². The van der Waals surface area contributed by atoms with Crippen LogP contribution in [0.1, 0.15) is 232 Å². The molecule has 0 fully saturated rings. The van der Waals surface area contributed by atoms with Crippen LogP contribution in [0.2, 0.25) is 0 Å². The summed E-state index contributed by atoms with van der Waals surface area (Å²) in [5, 5.41) is 0. The summed E-state index contributed by atoms with van der Waals surface area (Å²) < 4.78 is 5.99. The highest BCUT2D eigenvalue weighted by Gasteiger charge is 2.14. The van der Waals surface area contributed by atoms with E-state index in [2.05, 4.69) is 45.0 Å². The molecule has 0 amide bonds. The molecule has 46 heavy (non-hydrogen) atoms. The van der Waals surface area contributed by atoms with Crippen LogP contribution >= 0.6 is 0 Å². The van der Waals surface area contributed by atoms with Crippen molar-refractivity contribution in [1.82, 2.24) is 4.90 Å². The summed E-state index contributed by atoms with van der Waals surface area (Å²) in [6, 6.07) is 0. The van der Waals surface area contributed by atoms with Gasteiger partial charge in [-0.25, -0.2) is 0 Å². The first kappa shape index (κ1) is 45.2. The van der Waals surface area contributed by atoms with E-state index >= 15 is 0 Å². The average Bonchev–Trinajstić information content (AvgIpc) is 3.04. The lowest BCUT2D eigenvalue weighted by atomic mass is 10.0. The van der Waals surface area contributed by atoms with Crippen molar-refractivity contribution in [3.05, 3.63) is 12.2 Å². The minimum atomic E-state index is 0.00353. The molecule has 3 nitrogen and oxygen atoms in total. The van der Waals surface area contributed by atoms with Crippen molar-refractivity contribution in [2.24, 2.45) is 0 Å². The number of hydrogen-bond acceptors (Lipinski definition) is 3. The highest BCUT2D eigenvalue weighted by atomic mass is 16.5. The second-order valence-corrected chi connectivity index (χ2v) is 14.8. The lowest BCUT2D eigenvalue weighted by Gasteiger charge is -2.18. The molecule has 0 heterocycles. The largest absolute Gasteiger partial charge is 0.462 e. The molecule has 274 valence electrons. The van der Waals surface area contributed by atoms with Gasteiger partial charge in [-0.1, -0.05) is 193 Å². The summed E-state index contributed by atoms with van der Waals surface area (Å²) in [5.74, 6) is 0.00353. The zero-order valence-corrected chi connectivity index (χ0v) is 32.2. The standard InChI is InChI=1S/C43H85NO2/c1-5-7-9-11-13-15-17-19-21-23-25-27-29-31-33-35-38-42(46-43(45)40-37-41-44(3)4)39-36-34-32-30-28-26-24-22-20-18-16-14-12-10-8-6-2/h31,33,42H,5-30,32,34-41H2,1-4H3/b33-31+. The van der Waals surface area contributed by atoms with E-state index in [4.69, 9.17) is 4.74 Å². The Kier molecular flexibility index (Phi) is 37.9. The second-order valence-electron chi connectivity index (χ2n) is 14.8. The van der Waals surface area contributed by atoms with E-state index in [0.29, 0.717) is 6.42 Å². The van der Waals surface area contributed by atoms with Crippen LogP contribution in [0.4, 0.5) is 0 Å². The van der Waals surface area contributed by atoms with Gasteiger partial charge in [-0.2, -0.15) is 0 Å². The van der Waals surface area contributed by atoms with Crippen molar-refractivity contribution >= 4 is 5.97 Å². The molecular weight excluding hydrogens is 562 g/mol. The van der Waals surface area contributed by atoms with Gasteiger partial charge >= 0.3 is 5.97 Å². The van der Waals surface area contributed by atoms with Gasteiger partial charge in [0.25, 0.3) is 0 Å². The van der Waals surface area contributed by atoms with Gasteiger partial charge in [0.15, 0.2) is 0 Å². The molecular formula is C43H85NO2. The molecule has 1 atom stereocenters. The predicted molar refractivity (Wildman–Crippen MR) is 206 cm³/mol. The zero-order valence-electron chi connectivity index (χ0n) is 32.2. The second kappa shape index (κ2) is 38.6.